The van der Waals surface area contributed by atoms with E-state index in [1.807, 2.05) is 24.3 Å². The van der Waals surface area contributed by atoms with Crippen LogP contribution in [0.1, 0.15) is 23.3 Å². The highest BCUT2D eigenvalue weighted by atomic mass is 79.9. The van der Waals surface area contributed by atoms with Crippen molar-refractivity contribution in [3.8, 4) is 17.3 Å². The molecule has 1 heterocycles. The Morgan fingerprint density at radius 1 is 1.43 bits per heavy atom. The van der Waals surface area contributed by atoms with Crippen molar-refractivity contribution >= 4 is 21.8 Å². The molecule has 1 aromatic carbocycles. The number of nitrogens with zero attached hydrogens (tertiary/aromatic N) is 3. The van der Waals surface area contributed by atoms with Gasteiger partial charge < -0.3 is 4.90 Å². The van der Waals surface area contributed by atoms with Crippen LogP contribution in [-0.4, -0.2) is 33.6 Å². The summed E-state index contributed by atoms with van der Waals surface area (Å²) in [5.41, 5.74) is 2.08. The molecule has 2 aromatic rings. The van der Waals surface area contributed by atoms with Gasteiger partial charge in [0.15, 0.2) is 0 Å². The van der Waals surface area contributed by atoms with Crippen LogP contribution in [0.25, 0.3) is 11.3 Å². The Morgan fingerprint density at radius 2 is 2.14 bits per heavy atom. The lowest BCUT2D eigenvalue weighted by molar-refractivity contribution is 0.0759. The summed E-state index contributed by atoms with van der Waals surface area (Å²) in [4.78, 5) is 14.0. The number of H-pyrrole nitrogens is 1. The fraction of sp³-hybridized carbons (Fsp3) is 0.267. The van der Waals surface area contributed by atoms with Crippen molar-refractivity contribution in [1.29, 1.82) is 5.26 Å². The molecule has 0 aliphatic heterocycles. The summed E-state index contributed by atoms with van der Waals surface area (Å²) in [6.07, 6.45) is 1.95. The Morgan fingerprint density at radius 3 is 2.76 bits per heavy atom. The second-order valence-corrected chi connectivity index (χ2v) is 5.91. The van der Waals surface area contributed by atoms with Crippen LogP contribution in [0.3, 0.4) is 0 Å². The summed E-state index contributed by atoms with van der Waals surface area (Å²) >= 11 is 3.39. The van der Waals surface area contributed by atoms with Gasteiger partial charge in [-0.2, -0.15) is 10.4 Å². The van der Waals surface area contributed by atoms with Gasteiger partial charge in [0.05, 0.1) is 11.8 Å². The third kappa shape index (κ3) is 2.98. The van der Waals surface area contributed by atoms with Gasteiger partial charge in [0.25, 0.3) is 5.91 Å². The number of hydrogen-bond donors (Lipinski definition) is 1. The smallest absolute Gasteiger partial charge is 0.272 e. The highest BCUT2D eigenvalue weighted by Crippen LogP contribution is 2.28. The lowest BCUT2D eigenvalue weighted by Crippen LogP contribution is -2.33. The normalized spacial score (nSPS) is 13.7. The van der Waals surface area contributed by atoms with E-state index in [9.17, 15) is 4.79 Å². The van der Waals surface area contributed by atoms with Gasteiger partial charge in [-0.05, 0) is 31.0 Å². The lowest BCUT2D eigenvalue weighted by Gasteiger charge is -2.17. The number of nitrogens with one attached hydrogen (secondary N) is 1. The molecule has 6 heteroatoms. The zero-order valence-corrected chi connectivity index (χ0v) is 12.8. The molecule has 5 nitrogen and oxygen atoms in total. The fourth-order valence-electron chi connectivity index (χ4n) is 2.18. The minimum Gasteiger partial charge on any atom is -0.321 e. The monoisotopic (exact) mass is 344 g/mol. The predicted molar refractivity (Wildman–Crippen MR) is 81.4 cm³/mol. The van der Waals surface area contributed by atoms with Gasteiger partial charge in [0.2, 0.25) is 0 Å². The van der Waals surface area contributed by atoms with E-state index in [1.54, 1.807) is 11.0 Å². The molecule has 3 rings (SSSR count). The van der Waals surface area contributed by atoms with E-state index in [1.165, 1.54) is 0 Å². The second kappa shape index (κ2) is 5.70. The Kier molecular flexibility index (Phi) is 3.76. The fourth-order valence-corrected chi connectivity index (χ4v) is 2.45. The number of carbonyl (C=O) groups excluding carboxylic acids is 1. The number of aromatic amines is 1. The molecule has 1 amide bonds. The maximum atomic E-state index is 12.4. The van der Waals surface area contributed by atoms with Crippen LogP contribution in [0.15, 0.2) is 34.8 Å². The molecular weight excluding hydrogens is 332 g/mol. The quantitative estimate of drug-likeness (QED) is 0.866. The molecule has 21 heavy (non-hydrogen) atoms. The molecule has 0 unspecified atom stereocenters. The van der Waals surface area contributed by atoms with Crippen molar-refractivity contribution in [2.24, 2.45) is 0 Å². The molecule has 106 valence electrons. The molecule has 0 spiro atoms. The first-order chi connectivity index (χ1) is 10.2. The molecule has 0 atom stereocenters. The summed E-state index contributed by atoms with van der Waals surface area (Å²) in [5, 5.41) is 15.8. The highest BCUT2D eigenvalue weighted by molar-refractivity contribution is 9.10. The number of halogens is 1. The van der Waals surface area contributed by atoms with E-state index in [0.29, 0.717) is 5.69 Å². The first-order valence-electron chi connectivity index (χ1n) is 6.68. The van der Waals surface area contributed by atoms with Crippen molar-refractivity contribution in [2.45, 2.75) is 18.9 Å². The van der Waals surface area contributed by atoms with E-state index in [4.69, 9.17) is 5.26 Å². The number of benzene rings is 1. The van der Waals surface area contributed by atoms with E-state index in [-0.39, 0.29) is 18.5 Å². The molecule has 1 saturated carbocycles. The lowest BCUT2D eigenvalue weighted by atomic mass is 10.1. The second-order valence-electron chi connectivity index (χ2n) is 5.00. The van der Waals surface area contributed by atoms with Crippen molar-refractivity contribution in [3.05, 3.63) is 40.5 Å². The Bertz CT molecular complexity index is 697. The number of nitriles is 1. The number of carbonyl (C=O) groups is 1. The Labute approximate surface area is 130 Å². The number of hydrogen-bond acceptors (Lipinski definition) is 3. The van der Waals surface area contributed by atoms with Gasteiger partial charge in [-0.15, -0.1) is 0 Å². The summed E-state index contributed by atoms with van der Waals surface area (Å²) in [6.45, 7) is 0.121. The molecular formula is C15H13BrN4O. The minimum atomic E-state index is -0.157. The van der Waals surface area contributed by atoms with E-state index in [0.717, 1.165) is 28.6 Å². The van der Waals surface area contributed by atoms with Crippen LogP contribution in [0.2, 0.25) is 0 Å². The summed E-state index contributed by atoms with van der Waals surface area (Å²) < 4.78 is 0.993. The van der Waals surface area contributed by atoms with Gasteiger partial charge in [0.1, 0.15) is 12.2 Å². The van der Waals surface area contributed by atoms with Crippen LogP contribution in [0, 0.1) is 11.3 Å². The predicted octanol–water partition coefficient (Wildman–Crippen LogP) is 2.97. The largest absolute Gasteiger partial charge is 0.321 e. The van der Waals surface area contributed by atoms with Crippen LogP contribution >= 0.6 is 15.9 Å². The third-order valence-electron chi connectivity index (χ3n) is 3.44. The molecule has 1 N–H and O–H groups in total. The van der Waals surface area contributed by atoms with Crippen molar-refractivity contribution in [1.82, 2.24) is 15.1 Å². The molecule has 1 fully saturated rings. The van der Waals surface area contributed by atoms with Gasteiger partial charge in [-0.1, -0.05) is 28.1 Å². The van der Waals surface area contributed by atoms with Crippen molar-refractivity contribution < 1.29 is 4.79 Å². The van der Waals surface area contributed by atoms with Crippen molar-refractivity contribution in [2.75, 3.05) is 6.54 Å². The highest BCUT2D eigenvalue weighted by Gasteiger charge is 2.33. The van der Waals surface area contributed by atoms with Crippen LogP contribution in [0.4, 0.5) is 0 Å². The van der Waals surface area contributed by atoms with Crippen LogP contribution in [0.5, 0.6) is 0 Å². The van der Waals surface area contributed by atoms with Gasteiger partial charge in [-0.25, -0.2) is 0 Å². The topological polar surface area (TPSA) is 72.8 Å². The Balaban J connectivity index is 1.82. The maximum Gasteiger partial charge on any atom is 0.272 e. The summed E-state index contributed by atoms with van der Waals surface area (Å²) in [5.74, 6) is -0.157. The number of aromatic nitrogens is 2. The van der Waals surface area contributed by atoms with Gasteiger partial charge >= 0.3 is 0 Å². The average molecular weight is 345 g/mol. The SMILES string of the molecule is N#CCN(C(=O)c1cc(-c2ccc(Br)cc2)n[nH]1)C1CC1. The van der Waals surface area contributed by atoms with E-state index < -0.39 is 0 Å². The molecule has 0 bridgehead atoms. The van der Waals surface area contributed by atoms with Gasteiger partial charge in [0, 0.05) is 16.1 Å². The van der Waals surface area contributed by atoms with E-state index >= 15 is 0 Å². The minimum absolute atomic E-state index is 0.121. The first-order valence-corrected chi connectivity index (χ1v) is 7.47. The molecule has 0 saturated heterocycles. The Hall–Kier alpha value is -2.13. The molecule has 1 aromatic heterocycles. The zero-order valence-electron chi connectivity index (χ0n) is 11.2. The maximum absolute atomic E-state index is 12.4. The first kappa shape index (κ1) is 13.8. The third-order valence-corrected chi connectivity index (χ3v) is 3.97. The summed E-state index contributed by atoms with van der Waals surface area (Å²) in [7, 11) is 0. The molecule has 1 aliphatic rings. The standard InChI is InChI=1S/C15H13BrN4O/c16-11-3-1-10(2-4-11)13-9-14(19-18-13)15(21)20(8-7-17)12-5-6-12/h1-4,9,12H,5-6,8H2,(H,18,19). The molecule has 1 aliphatic carbocycles. The van der Waals surface area contributed by atoms with Crippen LogP contribution < -0.4 is 0 Å². The van der Waals surface area contributed by atoms with Crippen LogP contribution in [-0.2, 0) is 0 Å². The average Bonchev–Trinajstić information content (AvgIpc) is 3.21. The zero-order chi connectivity index (χ0) is 14.8. The number of amides is 1. The summed E-state index contributed by atoms with van der Waals surface area (Å²) in [6, 6.07) is 11.7. The van der Waals surface area contributed by atoms with E-state index in [2.05, 4.69) is 32.2 Å². The molecule has 0 radical (unpaired) electrons. The van der Waals surface area contributed by atoms with Gasteiger partial charge in [-0.3, -0.25) is 9.89 Å². The number of rotatable bonds is 4. The van der Waals surface area contributed by atoms with Crippen molar-refractivity contribution in [3.63, 3.8) is 0 Å².